The zero-order valence-electron chi connectivity index (χ0n) is 11.1. The molecule has 1 heterocycles. The van der Waals surface area contributed by atoms with Gasteiger partial charge in [0.2, 0.25) is 0 Å². The lowest BCUT2D eigenvalue weighted by Gasteiger charge is -2.43. The summed E-state index contributed by atoms with van der Waals surface area (Å²) in [5.74, 6) is 0. The second-order valence-corrected chi connectivity index (χ2v) is 6.03. The molecule has 0 radical (unpaired) electrons. The van der Waals surface area contributed by atoms with Crippen molar-refractivity contribution in [2.24, 2.45) is 5.73 Å². The lowest BCUT2D eigenvalue weighted by Crippen LogP contribution is -2.55. The quantitative estimate of drug-likeness (QED) is 0.927. The smallest absolute Gasteiger partial charge is 0.0352 e. The molecule has 0 aliphatic carbocycles. The van der Waals surface area contributed by atoms with E-state index in [2.05, 4.69) is 64.0 Å². The highest BCUT2D eigenvalue weighted by Gasteiger charge is 2.28. The summed E-state index contributed by atoms with van der Waals surface area (Å²) in [6.07, 6.45) is 0. The van der Waals surface area contributed by atoms with Crippen molar-refractivity contribution >= 4 is 15.9 Å². The summed E-state index contributed by atoms with van der Waals surface area (Å²) in [6, 6.07) is 9.50. The Kier molecular flexibility index (Phi) is 4.78. The van der Waals surface area contributed by atoms with Gasteiger partial charge >= 0.3 is 0 Å². The zero-order valence-corrected chi connectivity index (χ0v) is 12.7. The van der Waals surface area contributed by atoms with Crippen LogP contribution < -0.4 is 5.73 Å². The highest BCUT2D eigenvalue weighted by atomic mass is 79.9. The van der Waals surface area contributed by atoms with Crippen LogP contribution in [0.5, 0.6) is 0 Å². The van der Waals surface area contributed by atoms with Crippen LogP contribution in [0.15, 0.2) is 28.7 Å². The summed E-state index contributed by atoms with van der Waals surface area (Å²) < 4.78 is 1.13. The molecule has 4 heteroatoms. The number of rotatable bonds is 3. The maximum atomic E-state index is 5.92. The lowest BCUT2D eigenvalue weighted by molar-refractivity contribution is 0.0621. The fraction of sp³-hybridized carbons (Fsp3) is 0.571. The minimum Gasteiger partial charge on any atom is -0.329 e. The molecule has 2 atom stereocenters. The Bertz CT molecular complexity index is 379. The topological polar surface area (TPSA) is 32.5 Å². The Hall–Kier alpha value is -0.420. The molecule has 1 aliphatic heterocycles. The minimum absolute atomic E-state index is 0.431. The van der Waals surface area contributed by atoms with E-state index in [1.54, 1.807) is 0 Å². The molecule has 0 saturated carbocycles. The van der Waals surface area contributed by atoms with Gasteiger partial charge in [0.25, 0.3) is 0 Å². The molecule has 2 unspecified atom stereocenters. The van der Waals surface area contributed by atoms with Gasteiger partial charge in [-0.2, -0.15) is 0 Å². The van der Waals surface area contributed by atoms with Crippen molar-refractivity contribution in [1.82, 2.24) is 9.80 Å². The molecular formula is C14H22BrN3. The molecular weight excluding hydrogens is 290 g/mol. The normalized spacial score (nSPS) is 24.1. The first-order valence-corrected chi connectivity index (χ1v) is 7.31. The van der Waals surface area contributed by atoms with Gasteiger partial charge in [-0.1, -0.05) is 28.1 Å². The summed E-state index contributed by atoms with van der Waals surface area (Å²) in [4.78, 5) is 4.89. The molecule has 3 nitrogen and oxygen atoms in total. The molecule has 0 aromatic heterocycles. The van der Waals surface area contributed by atoms with Crippen LogP contribution in [0.1, 0.15) is 18.5 Å². The lowest BCUT2D eigenvalue weighted by atomic mass is 10.0. The Morgan fingerprint density at radius 1 is 1.33 bits per heavy atom. The number of nitrogens with zero attached hydrogens (tertiary/aromatic N) is 2. The van der Waals surface area contributed by atoms with E-state index in [1.165, 1.54) is 5.56 Å². The van der Waals surface area contributed by atoms with Crippen molar-refractivity contribution in [2.45, 2.75) is 19.0 Å². The first-order chi connectivity index (χ1) is 8.61. The van der Waals surface area contributed by atoms with Crippen molar-refractivity contribution in [1.29, 1.82) is 0 Å². The van der Waals surface area contributed by atoms with Gasteiger partial charge in [0.05, 0.1) is 0 Å². The first-order valence-electron chi connectivity index (χ1n) is 6.51. The largest absolute Gasteiger partial charge is 0.329 e. The van der Waals surface area contributed by atoms with Crippen LogP contribution >= 0.6 is 15.9 Å². The Morgan fingerprint density at radius 3 is 2.61 bits per heavy atom. The summed E-state index contributed by atoms with van der Waals surface area (Å²) in [6.45, 7) is 6.28. The van der Waals surface area contributed by atoms with E-state index < -0.39 is 0 Å². The number of benzene rings is 1. The second kappa shape index (κ2) is 6.15. The van der Waals surface area contributed by atoms with E-state index >= 15 is 0 Å². The predicted molar refractivity (Wildman–Crippen MR) is 79.6 cm³/mol. The minimum atomic E-state index is 0.431. The Balaban J connectivity index is 2.11. The Labute approximate surface area is 118 Å². The molecule has 0 bridgehead atoms. The average Bonchev–Trinajstić information content (AvgIpc) is 2.38. The third-order valence-corrected chi connectivity index (χ3v) is 4.38. The van der Waals surface area contributed by atoms with Crippen LogP contribution in [0.4, 0.5) is 0 Å². The van der Waals surface area contributed by atoms with E-state index in [0.717, 1.165) is 30.7 Å². The van der Waals surface area contributed by atoms with Gasteiger partial charge in [0, 0.05) is 42.7 Å². The number of nitrogens with two attached hydrogens (primary N) is 1. The van der Waals surface area contributed by atoms with Crippen LogP contribution in [0.2, 0.25) is 0 Å². The highest BCUT2D eigenvalue weighted by Crippen LogP contribution is 2.25. The van der Waals surface area contributed by atoms with E-state index in [9.17, 15) is 0 Å². The molecule has 1 aromatic carbocycles. The van der Waals surface area contributed by atoms with Crippen LogP contribution in [0.25, 0.3) is 0 Å². The van der Waals surface area contributed by atoms with Gasteiger partial charge in [0.15, 0.2) is 0 Å². The van der Waals surface area contributed by atoms with E-state index in [1.807, 2.05) is 0 Å². The van der Waals surface area contributed by atoms with Crippen LogP contribution in [0.3, 0.4) is 0 Å². The van der Waals surface area contributed by atoms with Crippen molar-refractivity contribution in [3.05, 3.63) is 34.3 Å². The predicted octanol–water partition coefficient (Wildman–Crippen LogP) is 2.08. The van der Waals surface area contributed by atoms with Crippen LogP contribution in [-0.2, 0) is 0 Å². The van der Waals surface area contributed by atoms with Crippen molar-refractivity contribution in [2.75, 3.05) is 33.2 Å². The summed E-state index contributed by atoms with van der Waals surface area (Å²) in [5.41, 5.74) is 7.28. The summed E-state index contributed by atoms with van der Waals surface area (Å²) >= 11 is 3.48. The van der Waals surface area contributed by atoms with Crippen LogP contribution in [-0.4, -0.2) is 49.1 Å². The van der Waals surface area contributed by atoms with Gasteiger partial charge < -0.3 is 10.6 Å². The van der Waals surface area contributed by atoms with Gasteiger partial charge in [-0.3, -0.25) is 4.90 Å². The summed E-state index contributed by atoms with van der Waals surface area (Å²) in [7, 11) is 2.17. The highest BCUT2D eigenvalue weighted by molar-refractivity contribution is 9.10. The van der Waals surface area contributed by atoms with Crippen LogP contribution in [0, 0.1) is 0 Å². The molecule has 0 spiro atoms. The molecule has 1 aliphatic rings. The Morgan fingerprint density at radius 2 is 2.00 bits per heavy atom. The number of likely N-dealkylation sites (N-methyl/N-ethyl adjacent to an activating group) is 1. The molecule has 1 fully saturated rings. The molecule has 100 valence electrons. The maximum absolute atomic E-state index is 5.92. The van der Waals surface area contributed by atoms with E-state index in [-0.39, 0.29) is 0 Å². The van der Waals surface area contributed by atoms with Gasteiger partial charge in [-0.25, -0.2) is 0 Å². The summed E-state index contributed by atoms with van der Waals surface area (Å²) in [5, 5.41) is 0. The first kappa shape index (κ1) is 14.0. The molecule has 0 amide bonds. The van der Waals surface area contributed by atoms with Gasteiger partial charge in [0.1, 0.15) is 0 Å². The van der Waals surface area contributed by atoms with E-state index in [0.29, 0.717) is 12.1 Å². The number of halogens is 1. The SMILES string of the molecule is CC(c1ccc(Br)cc1)N1CCN(C)CC1CN. The van der Waals surface area contributed by atoms with Crippen molar-refractivity contribution < 1.29 is 0 Å². The monoisotopic (exact) mass is 311 g/mol. The average molecular weight is 312 g/mol. The number of piperazine rings is 1. The molecule has 2 N–H and O–H groups in total. The third kappa shape index (κ3) is 3.12. The molecule has 2 rings (SSSR count). The number of hydrogen-bond acceptors (Lipinski definition) is 3. The third-order valence-electron chi connectivity index (χ3n) is 3.85. The molecule has 1 aromatic rings. The van der Waals surface area contributed by atoms with Crippen molar-refractivity contribution in [3.63, 3.8) is 0 Å². The molecule has 1 saturated heterocycles. The van der Waals surface area contributed by atoms with Crippen molar-refractivity contribution in [3.8, 4) is 0 Å². The standard InChI is InChI=1S/C14H22BrN3/c1-11(12-3-5-13(15)6-4-12)18-8-7-17(2)10-14(18)9-16/h3-6,11,14H,7-10,16H2,1-2H3. The second-order valence-electron chi connectivity index (χ2n) is 5.12. The van der Waals surface area contributed by atoms with Gasteiger partial charge in [-0.15, -0.1) is 0 Å². The zero-order chi connectivity index (χ0) is 13.1. The fourth-order valence-electron chi connectivity index (χ4n) is 2.68. The fourth-order valence-corrected chi connectivity index (χ4v) is 2.94. The maximum Gasteiger partial charge on any atom is 0.0352 e. The van der Waals surface area contributed by atoms with Gasteiger partial charge in [-0.05, 0) is 31.7 Å². The molecule has 18 heavy (non-hydrogen) atoms. The van der Waals surface area contributed by atoms with E-state index in [4.69, 9.17) is 5.73 Å². The number of hydrogen-bond donors (Lipinski definition) is 1.